The van der Waals surface area contributed by atoms with Crippen molar-refractivity contribution >= 4 is 5.78 Å². The molecule has 0 aliphatic heterocycles. The fourth-order valence-corrected chi connectivity index (χ4v) is 2.86. The molecule has 0 N–H and O–H groups in total. The fraction of sp³-hybridized carbons (Fsp3) is 0.583. The molecular formula is C12H12N2O. The summed E-state index contributed by atoms with van der Waals surface area (Å²) < 4.78 is 0. The molecule has 15 heavy (non-hydrogen) atoms. The Hall–Kier alpha value is -1.61. The molecule has 3 heteroatoms. The second kappa shape index (κ2) is 3.21. The average Bonchev–Trinajstić information content (AvgIpc) is 2.54. The first-order valence-corrected chi connectivity index (χ1v) is 5.20. The summed E-state index contributed by atoms with van der Waals surface area (Å²) in [6.07, 6.45) is 2.65. The van der Waals surface area contributed by atoms with Gasteiger partial charge in [-0.1, -0.05) is 5.57 Å². The van der Waals surface area contributed by atoms with Gasteiger partial charge in [0.15, 0.2) is 11.2 Å². The van der Waals surface area contributed by atoms with Gasteiger partial charge in [0, 0.05) is 18.8 Å². The van der Waals surface area contributed by atoms with Crippen molar-refractivity contribution in [2.75, 3.05) is 0 Å². The molecule has 0 radical (unpaired) electrons. The van der Waals surface area contributed by atoms with E-state index < -0.39 is 5.41 Å². The number of ketones is 1. The molecular weight excluding hydrogens is 188 g/mol. The molecule has 76 valence electrons. The zero-order chi connectivity index (χ0) is 11.1. The van der Waals surface area contributed by atoms with Gasteiger partial charge in [0.05, 0.1) is 12.1 Å². The van der Waals surface area contributed by atoms with Crippen LogP contribution in [0, 0.1) is 34.0 Å². The summed E-state index contributed by atoms with van der Waals surface area (Å²) in [4.78, 5) is 11.7. The minimum Gasteiger partial charge on any atom is -0.295 e. The number of carbonyl (C=O) groups is 1. The van der Waals surface area contributed by atoms with E-state index in [-0.39, 0.29) is 11.7 Å². The molecule has 0 aromatic rings. The van der Waals surface area contributed by atoms with Gasteiger partial charge < -0.3 is 0 Å². The summed E-state index contributed by atoms with van der Waals surface area (Å²) in [6, 6.07) is 4.24. The second-order valence-electron chi connectivity index (χ2n) is 4.43. The number of allylic oxidation sites excluding steroid dienone is 2. The van der Waals surface area contributed by atoms with Crippen molar-refractivity contribution < 1.29 is 4.79 Å². The highest BCUT2D eigenvalue weighted by atomic mass is 16.1. The maximum absolute atomic E-state index is 11.7. The molecule has 1 saturated carbocycles. The summed E-state index contributed by atoms with van der Waals surface area (Å²) in [6.45, 7) is 1.88. The van der Waals surface area contributed by atoms with Crippen LogP contribution in [0.2, 0.25) is 0 Å². The van der Waals surface area contributed by atoms with Crippen LogP contribution >= 0.6 is 0 Å². The molecule has 2 aliphatic rings. The van der Waals surface area contributed by atoms with Gasteiger partial charge in [0.1, 0.15) is 0 Å². The average molecular weight is 200 g/mol. The lowest BCUT2D eigenvalue weighted by Crippen LogP contribution is -2.29. The molecule has 1 unspecified atom stereocenters. The van der Waals surface area contributed by atoms with E-state index in [1.165, 1.54) is 0 Å². The lowest BCUT2D eigenvalue weighted by atomic mass is 9.71. The predicted molar refractivity (Wildman–Crippen MR) is 53.3 cm³/mol. The van der Waals surface area contributed by atoms with E-state index in [0.717, 1.165) is 24.0 Å². The smallest absolute Gasteiger partial charge is 0.159 e. The van der Waals surface area contributed by atoms with Gasteiger partial charge in [-0.05, 0) is 25.3 Å². The van der Waals surface area contributed by atoms with E-state index in [1.54, 1.807) is 0 Å². The third kappa shape index (κ3) is 1.20. The van der Waals surface area contributed by atoms with Crippen LogP contribution in [0.5, 0.6) is 0 Å². The van der Waals surface area contributed by atoms with Crippen LogP contribution in [0.4, 0.5) is 0 Å². The Labute approximate surface area is 89.0 Å². The predicted octanol–water partition coefficient (Wildman–Crippen LogP) is 2.11. The Morgan fingerprint density at radius 1 is 1.40 bits per heavy atom. The molecule has 0 saturated heterocycles. The maximum Gasteiger partial charge on any atom is 0.159 e. The van der Waals surface area contributed by atoms with E-state index in [4.69, 9.17) is 10.5 Å². The number of nitrogens with zero attached hydrogens (tertiary/aromatic N) is 2. The van der Waals surface area contributed by atoms with Crippen molar-refractivity contribution in [2.24, 2.45) is 11.3 Å². The van der Waals surface area contributed by atoms with Gasteiger partial charge in [0.25, 0.3) is 0 Å². The summed E-state index contributed by atoms with van der Waals surface area (Å²) in [5, 5.41) is 18.3. The van der Waals surface area contributed by atoms with Gasteiger partial charge in [0.2, 0.25) is 0 Å². The maximum atomic E-state index is 11.7. The topological polar surface area (TPSA) is 64.7 Å². The standard InChI is InChI=1S/C12H12N2O/c1-8-5-12(6-13,7-14)9-3-2-4-10(15)11(8)9/h9H,2-5H2,1H3. The van der Waals surface area contributed by atoms with Crippen molar-refractivity contribution in [3.8, 4) is 12.1 Å². The number of Topliss-reactive ketones (excluding diaryl/α,β-unsaturated/α-hetero) is 1. The van der Waals surface area contributed by atoms with Crippen molar-refractivity contribution in [2.45, 2.75) is 32.6 Å². The lowest BCUT2D eigenvalue weighted by molar-refractivity contribution is -0.117. The van der Waals surface area contributed by atoms with Crippen molar-refractivity contribution in [3.63, 3.8) is 0 Å². The zero-order valence-corrected chi connectivity index (χ0v) is 8.71. The van der Waals surface area contributed by atoms with Gasteiger partial charge in [-0.15, -0.1) is 0 Å². The highest BCUT2D eigenvalue weighted by Gasteiger charge is 2.50. The summed E-state index contributed by atoms with van der Waals surface area (Å²) in [5.41, 5.74) is 0.771. The first-order chi connectivity index (χ1) is 7.14. The highest BCUT2D eigenvalue weighted by Crippen LogP contribution is 2.51. The summed E-state index contributed by atoms with van der Waals surface area (Å²) in [5.74, 6) is 0.0184. The Balaban J connectivity index is 2.48. The van der Waals surface area contributed by atoms with Gasteiger partial charge in [-0.3, -0.25) is 4.79 Å². The third-order valence-corrected chi connectivity index (χ3v) is 3.54. The Morgan fingerprint density at radius 2 is 2.07 bits per heavy atom. The Morgan fingerprint density at radius 3 is 2.67 bits per heavy atom. The van der Waals surface area contributed by atoms with E-state index in [0.29, 0.717) is 12.8 Å². The van der Waals surface area contributed by atoms with E-state index in [2.05, 4.69) is 12.1 Å². The van der Waals surface area contributed by atoms with Crippen LogP contribution in [-0.4, -0.2) is 5.78 Å². The van der Waals surface area contributed by atoms with Crippen molar-refractivity contribution in [1.82, 2.24) is 0 Å². The number of nitriles is 2. The molecule has 0 spiro atoms. The molecule has 0 heterocycles. The van der Waals surface area contributed by atoms with Crippen LogP contribution in [-0.2, 0) is 4.79 Å². The molecule has 2 aliphatic carbocycles. The molecule has 0 aromatic heterocycles. The SMILES string of the molecule is CC1=C2C(=O)CCCC2C(C#N)(C#N)C1. The Kier molecular flexibility index (Phi) is 2.12. The van der Waals surface area contributed by atoms with Gasteiger partial charge in [-0.2, -0.15) is 10.5 Å². The van der Waals surface area contributed by atoms with Crippen LogP contribution in [0.25, 0.3) is 0 Å². The molecule has 0 bridgehead atoms. The van der Waals surface area contributed by atoms with E-state index in [9.17, 15) is 4.79 Å². The Bertz CT molecular complexity index is 420. The first-order valence-electron chi connectivity index (χ1n) is 5.20. The molecule has 3 nitrogen and oxygen atoms in total. The van der Waals surface area contributed by atoms with Gasteiger partial charge >= 0.3 is 0 Å². The fourth-order valence-electron chi connectivity index (χ4n) is 2.86. The quantitative estimate of drug-likeness (QED) is 0.601. The van der Waals surface area contributed by atoms with Crippen molar-refractivity contribution in [3.05, 3.63) is 11.1 Å². The third-order valence-electron chi connectivity index (χ3n) is 3.54. The van der Waals surface area contributed by atoms with Crippen LogP contribution in [0.15, 0.2) is 11.1 Å². The van der Waals surface area contributed by atoms with Crippen LogP contribution in [0.3, 0.4) is 0 Å². The minimum atomic E-state index is -0.963. The number of rotatable bonds is 0. The van der Waals surface area contributed by atoms with E-state index >= 15 is 0 Å². The number of hydrogen-bond acceptors (Lipinski definition) is 3. The van der Waals surface area contributed by atoms with Crippen molar-refractivity contribution in [1.29, 1.82) is 10.5 Å². The van der Waals surface area contributed by atoms with E-state index in [1.807, 2.05) is 6.92 Å². The summed E-state index contributed by atoms with van der Waals surface area (Å²) in [7, 11) is 0. The molecule has 1 atom stereocenters. The largest absolute Gasteiger partial charge is 0.295 e. The monoisotopic (exact) mass is 200 g/mol. The van der Waals surface area contributed by atoms with Crippen LogP contribution < -0.4 is 0 Å². The van der Waals surface area contributed by atoms with Crippen LogP contribution in [0.1, 0.15) is 32.6 Å². The highest BCUT2D eigenvalue weighted by molar-refractivity contribution is 5.98. The normalized spacial score (nSPS) is 28.2. The second-order valence-corrected chi connectivity index (χ2v) is 4.43. The summed E-state index contributed by atoms with van der Waals surface area (Å²) >= 11 is 0. The molecule has 0 amide bonds. The minimum absolute atomic E-state index is 0.131. The lowest BCUT2D eigenvalue weighted by Gasteiger charge is -2.27. The molecule has 1 fully saturated rings. The molecule has 2 rings (SSSR count). The number of fused-ring (bicyclic) bond motifs is 1. The first kappa shape index (κ1) is 9.93. The molecule has 0 aromatic carbocycles. The zero-order valence-electron chi connectivity index (χ0n) is 8.71. The number of carbonyl (C=O) groups excluding carboxylic acids is 1. The van der Waals surface area contributed by atoms with Gasteiger partial charge in [-0.25, -0.2) is 0 Å². The number of hydrogen-bond donors (Lipinski definition) is 0.